The zero-order valence-corrected chi connectivity index (χ0v) is 12.2. The summed E-state index contributed by atoms with van der Waals surface area (Å²) in [4.78, 5) is 15.0. The highest BCUT2D eigenvalue weighted by molar-refractivity contribution is 5.92. The van der Waals surface area contributed by atoms with E-state index in [1.807, 2.05) is 0 Å². The van der Waals surface area contributed by atoms with Gasteiger partial charge in [0.1, 0.15) is 11.7 Å². The van der Waals surface area contributed by atoms with E-state index in [2.05, 4.69) is 48.3 Å². The predicted octanol–water partition coefficient (Wildman–Crippen LogP) is 2.76. The normalized spacial score (nSPS) is 34.4. The fourth-order valence-electron chi connectivity index (χ4n) is 3.83. The van der Waals surface area contributed by atoms with Crippen LogP contribution in [0.3, 0.4) is 0 Å². The quantitative estimate of drug-likeness (QED) is 0.896. The summed E-state index contributed by atoms with van der Waals surface area (Å²) in [6.07, 6.45) is 4.42. The van der Waals surface area contributed by atoms with Gasteiger partial charge < -0.3 is 4.90 Å². The van der Waals surface area contributed by atoms with E-state index in [1.165, 1.54) is 11.1 Å². The van der Waals surface area contributed by atoms with E-state index in [1.54, 1.807) is 0 Å². The van der Waals surface area contributed by atoms with E-state index < -0.39 is 0 Å². The van der Waals surface area contributed by atoms with Crippen molar-refractivity contribution in [3.8, 4) is 0 Å². The average molecular weight is 270 g/mol. The number of benzene rings is 1. The molecule has 1 spiro atoms. The molecule has 1 atom stereocenters. The third-order valence-corrected chi connectivity index (χ3v) is 5.31. The molecule has 1 N–H and O–H groups in total. The Morgan fingerprint density at radius 3 is 2.55 bits per heavy atom. The summed E-state index contributed by atoms with van der Waals surface area (Å²) in [7, 11) is 0. The summed E-state index contributed by atoms with van der Waals surface area (Å²) in [6, 6.07) is 8.89. The van der Waals surface area contributed by atoms with E-state index in [0.717, 1.165) is 31.6 Å². The van der Waals surface area contributed by atoms with Gasteiger partial charge in [-0.3, -0.25) is 10.1 Å². The number of rotatable bonds is 2. The number of carbonyl (C=O) groups is 1. The molecular formula is C17H22N2O. The fraction of sp³-hybridized carbons (Fsp3) is 0.588. The topological polar surface area (TPSA) is 32.3 Å². The van der Waals surface area contributed by atoms with Gasteiger partial charge in [0.05, 0.1) is 0 Å². The van der Waals surface area contributed by atoms with Crippen LogP contribution in [0, 0.1) is 12.8 Å². The van der Waals surface area contributed by atoms with E-state index in [0.29, 0.717) is 11.9 Å². The Kier molecular flexibility index (Phi) is 2.53. The van der Waals surface area contributed by atoms with Crippen molar-refractivity contribution < 1.29 is 4.79 Å². The number of hydrogen-bond donors (Lipinski definition) is 1. The van der Waals surface area contributed by atoms with Gasteiger partial charge in [-0.1, -0.05) is 31.2 Å². The van der Waals surface area contributed by atoms with Gasteiger partial charge in [0, 0.05) is 6.04 Å². The van der Waals surface area contributed by atoms with E-state index in [-0.39, 0.29) is 11.7 Å². The maximum atomic E-state index is 12.8. The number of aryl methyl sites for hydroxylation is 1. The Balaban J connectivity index is 1.70. The van der Waals surface area contributed by atoms with Crippen LogP contribution in [0.2, 0.25) is 0 Å². The Morgan fingerprint density at radius 2 is 1.95 bits per heavy atom. The lowest BCUT2D eigenvalue weighted by Gasteiger charge is -2.42. The number of carbonyl (C=O) groups excluding carboxylic acids is 1. The summed E-state index contributed by atoms with van der Waals surface area (Å²) < 4.78 is 0. The molecule has 3 fully saturated rings. The first-order valence-corrected chi connectivity index (χ1v) is 7.77. The van der Waals surface area contributed by atoms with Gasteiger partial charge in [0.25, 0.3) is 0 Å². The second-order valence-corrected chi connectivity index (χ2v) is 6.93. The highest BCUT2D eigenvalue weighted by Crippen LogP contribution is 2.49. The predicted molar refractivity (Wildman–Crippen MR) is 78.1 cm³/mol. The third-order valence-electron chi connectivity index (χ3n) is 5.31. The maximum Gasteiger partial charge on any atom is 0.244 e. The molecule has 1 unspecified atom stereocenters. The molecule has 1 heterocycles. The smallest absolute Gasteiger partial charge is 0.244 e. The summed E-state index contributed by atoms with van der Waals surface area (Å²) in [6.45, 7) is 4.42. The van der Waals surface area contributed by atoms with Crippen molar-refractivity contribution in [2.45, 2.75) is 57.3 Å². The van der Waals surface area contributed by atoms with Crippen LogP contribution in [0.1, 0.15) is 49.9 Å². The van der Waals surface area contributed by atoms with Crippen molar-refractivity contribution in [2.75, 3.05) is 0 Å². The molecule has 20 heavy (non-hydrogen) atoms. The molecule has 3 aliphatic rings. The Labute approximate surface area is 120 Å². The van der Waals surface area contributed by atoms with Gasteiger partial charge in [-0.15, -0.1) is 0 Å². The van der Waals surface area contributed by atoms with Crippen LogP contribution in [-0.2, 0) is 4.79 Å². The molecule has 0 radical (unpaired) electrons. The van der Waals surface area contributed by atoms with Crippen molar-refractivity contribution in [2.24, 2.45) is 5.92 Å². The minimum atomic E-state index is -0.216. The molecule has 106 valence electrons. The van der Waals surface area contributed by atoms with Crippen molar-refractivity contribution in [3.63, 3.8) is 0 Å². The van der Waals surface area contributed by atoms with Crippen LogP contribution in [0.15, 0.2) is 24.3 Å². The molecule has 2 aliphatic carbocycles. The van der Waals surface area contributed by atoms with Crippen molar-refractivity contribution in [3.05, 3.63) is 35.4 Å². The highest BCUT2D eigenvalue weighted by Gasteiger charge is 2.61. The van der Waals surface area contributed by atoms with E-state index >= 15 is 0 Å². The first kappa shape index (κ1) is 12.4. The van der Waals surface area contributed by atoms with Crippen molar-refractivity contribution in [1.82, 2.24) is 10.2 Å². The van der Waals surface area contributed by atoms with Gasteiger partial charge >= 0.3 is 0 Å². The molecule has 1 aromatic rings. The summed E-state index contributed by atoms with van der Waals surface area (Å²) in [5, 5.41) is 3.64. The van der Waals surface area contributed by atoms with Crippen LogP contribution in [0.4, 0.5) is 0 Å². The average Bonchev–Trinajstić information content (AvgIpc) is 3.11. The Bertz CT molecular complexity index is 558. The zero-order chi connectivity index (χ0) is 13.9. The summed E-state index contributed by atoms with van der Waals surface area (Å²) in [5.41, 5.74) is 2.32. The largest absolute Gasteiger partial charge is 0.318 e. The summed E-state index contributed by atoms with van der Waals surface area (Å²) >= 11 is 0. The third kappa shape index (κ3) is 1.65. The highest BCUT2D eigenvalue weighted by atomic mass is 16.2. The standard InChI is InChI=1S/C17H22N2O/c1-11-9-13(10-11)19-15(14-6-4-3-5-12(14)2)18-17(7-8-17)16(19)20/h3-6,11,13,15,18H,7-10H2,1-2H3. The Morgan fingerprint density at radius 1 is 1.25 bits per heavy atom. The first-order chi connectivity index (χ1) is 9.61. The molecular weight excluding hydrogens is 248 g/mol. The number of hydrogen-bond acceptors (Lipinski definition) is 2. The molecule has 0 aromatic heterocycles. The minimum absolute atomic E-state index is 0.0868. The van der Waals surface area contributed by atoms with Crippen LogP contribution in [0.25, 0.3) is 0 Å². The maximum absolute atomic E-state index is 12.8. The van der Waals surface area contributed by atoms with Crippen molar-refractivity contribution in [1.29, 1.82) is 0 Å². The minimum Gasteiger partial charge on any atom is -0.318 e. The lowest BCUT2D eigenvalue weighted by Crippen LogP contribution is -2.47. The Hall–Kier alpha value is -1.35. The molecule has 3 heteroatoms. The summed E-state index contributed by atoms with van der Waals surface area (Å²) in [5.74, 6) is 1.11. The second-order valence-electron chi connectivity index (χ2n) is 6.93. The number of nitrogens with zero attached hydrogens (tertiary/aromatic N) is 1. The fourth-order valence-corrected chi connectivity index (χ4v) is 3.83. The first-order valence-electron chi connectivity index (χ1n) is 7.77. The van der Waals surface area contributed by atoms with Gasteiger partial charge in [0.2, 0.25) is 5.91 Å². The molecule has 1 saturated heterocycles. The van der Waals surface area contributed by atoms with Crippen LogP contribution < -0.4 is 5.32 Å². The van der Waals surface area contributed by atoms with Gasteiger partial charge in [0.15, 0.2) is 0 Å². The number of nitrogens with one attached hydrogen (secondary N) is 1. The molecule has 2 saturated carbocycles. The molecule has 1 amide bonds. The van der Waals surface area contributed by atoms with Crippen molar-refractivity contribution >= 4 is 5.91 Å². The van der Waals surface area contributed by atoms with E-state index in [9.17, 15) is 4.79 Å². The molecule has 1 aromatic carbocycles. The zero-order valence-electron chi connectivity index (χ0n) is 12.2. The molecule has 0 bridgehead atoms. The van der Waals surface area contributed by atoms with Crippen LogP contribution in [-0.4, -0.2) is 22.4 Å². The lowest BCUT2D eigenvalue weighted by atomic mass is 9.80. The van der Waals surface area contributed by atoms with Crippen LogP contribution in [0.5, 0.6) is 0 Å². The van der Waals surface area contributed by atoms with Gasteiger partial charge in [-0.25, -0.2) is 0 Å². The monoisotopic (exact) mass is 270 g/mol. The number of amides is 1. The molecule has 1 aliphatic heterocycles. The van der Waals surface area contributed by atoms with Crippen LogP contribution >= 0.6 is 0 Å². The molecule has 4 rings (SSSR count). The van der Waals surface area contributed by atoms with E-state index in [4.69, 9.17) is 0 Å². The lowest BCUT2D eigenvalue weighted by molar-refractivity contribution is -0.135. The van der Waals surface area contributed by atoms with Gasteiger partial charge in [-0.05, 0) is 49.7 Å². The van der Waals surface area contributed by atoms with Gasteiger partial charge in [-0.2, -0.15) is 0 Å². The second kappa shape index (κ2) is 4.08. The molecule has 3 nitrogen and oxygen atoms in total. The SMILES string of the molecule is Cc1ccccc1C1NC2(CC2)C(=O)N1C1CC(C)C1.